The second-order valence-electron chi connectivity index (χ2n) is 13.1. The van der Waals surface area contributed by atoms with Gasteiger partial charge in [0.2, 0.25) is 0 Å². The van der Waals surface area contributed by atoms with Gasteiger partial charge in [-0.25, -0.2) is 0 Å². The van der Waals surface area contributed by atoms with Crippen LogP contribution in [0.2, 0.25) is 0 Å². The second kappa shape index (κ2) is 10.9. The minimum absolute atomic E-state index is 0.647. The van der Waals surface area contributed by atoms with Crippen molar-refractivity contribution in [2.45, 2.75) is 6.42 Å². The Labute approximate surface area is 289 Å². The lowest BCUT2D eigenvalue weighted by atomic mass is 9.85. The van der Waals surface area contributed by atoms with Crippen LogP contribution < -0.4 is 0 Å². The summed E-state index contributed by atoms with van der Waals surface area (Å²) in [5.74, 6) is 0. The highest BCUT2D eigenvalue weighted by molar-refractivity contribution is 6.28. The maximum atomic E-state index is 10.3. The minimum Gasteiger partial charge on any atom is -0.284 e. The normalized spacial score (nSPS) is 13.0. The van der Waals surface area contributed by atoms with E-state index >= 15 is 0 Å². The number of rotatable bonds is 3. The van der Waals surface area contributed by atoms with Crippen LogP contribution in [0.5, 0.6) is 0 Å². The topological polar surface area (TPSA) is 59.9 Å². The Hall–Kier alpha value is -6.81. The van der Waals surface area contributed by atoms with Crippen LogP contribution in [0, 0.1) is 22.7 Å². The fraction of sp³-hybridized carbons (Fsp3) is 0.0426. The van der Waals surface area contributed by atoms with Crippen LogP contribution in [0.4, 0.5) is 0 Å². The van der Waals surface area contributed by atoms with Gasteiger partial charge in [-0.1, -0.05) is 97.1 Å². The van der Waals surface area contributed by atoms with E-state index in [0.717, 1.165) is 73.2 Å². The van der Waals surface area contributed by atoms with Gasteiger partial charge in [0.25, 0.3) is 0 Å². The van der Waals surface area contributed by atoms with Crippen molar-refractivity contribution in [3.63, 3.8) is 0 Å². The molecular weight excluding hydrogens is 607 g/mol. The highest BCUT2D eigenvalue weighted by Crippen LogP contribution is 2.52. The van der Waals surface area contributed by atoms with Crippen molar-refractivity contribution in [1.82, 2.24) is 0 Å². The summed E-state index contributed by atoms with van der Waals surface area (Å²) in [5, 5.41) is 29.5. The molecule has 0 N–H and O–H groups in total. The van der Waals surface area contributed by atoms with E-state index in [9.17, 15) is 10.5 Å². The fourth-order valence-electron chi connectivity index (χ4n) is 8.33. The number of nitrogens with zero attached hydrogens (tertiary/aromatic N) is 3. The summed E-state index contributed by atoms with van der Waals surface area (Å²) in [5.41, 5.74) is 12.3. The van der Waals surface area contributed by atoms with E-state index in [4.69, 9.17) is 4.99 Å². The molecule has 0 radical (unpaired) electrons. The molecule has 0 atom stereocenters. The molecule has 0 spiro atoms. The summed E-state index contributed by atoms with van der Waals surface area (Å²) in [6, 6.07) is 49.5. The highest BCUT2D eigenvalue weighted by Gasteiger charge is 2.26. The number of dihydropyridines is 1. The molecule has 0 aromatic heterocycles. The van der Waals surface area contributed by atoms with Crippen molar-refractivity contribution >= 4 is 48.8 Å². The van der Waals surface area contributed by atoms with Gasteiger partial charge in [-0.2, -0.15) is 10.5 Å². The summed E-state index contributed by atoms with van der Waals surface area (Å²) < 4.78 is 0. The Morgan fingerprint density at radius 2 is 0.940 bits per heavy atom. The molecule has 230 valence electrons. The molecule has 3 nitrogen and oxygen atoms in total. The predicted octanol–water partition coefficient (Wildman–Crippen LogP) is 11.8. The molecule has 0 amide bonds. The number of allylic oxidation sites excluding steroid dienone is 1. The van der Waals surface area contributed by atoms with E-state index in [-0.39, 0.29) is 0 Å². The van der Waals surface area contributed by atoms with Gasteiger partial charge in [0.1, 0.15) is 0 Å². The standard InChI is InChI=1S/C47H27N3/c48-26-28-10-1-3-12-30(28)38-22-44-40(33-15-6-5-14-32(33)38)23-39(31-13-4-2-11-29(31)27-49)43-24-41-36-17-9-16-35-34(46-18-7-8-21-50-46)19-20-37(47(35)36)42(41)25-45(43)44/h1-7,9-20,22-25H,8,21H2. The third-order valence-electron chi connectivity index (χ3n) is 10.5. The van der Waals surface area contributed by atoms with Gasteiger partial charge in [-0.3, -0.25) is 4.99 Å². The molecule has 0 fully saturated rings. The number of hydrogen-bond donors (Lipinski definition) is 0. The van der Waals surface area contributed by atoms with Crippen molar-refractivity contribution in [2.24, 2.45) is 4.99 Å². The van der Waals surface area contributed by atoms with Crippen molar-refractivity contribution in [3.8, 4) is 56.6 Å². The van der Waals surface area contributed by atoms with E-state index < -0.39 is 0 Å². The Balaban J connectivity index is 1.36. The summed E-state index contributed by atoms with van der Waals surface area (Å²) in [6.45, 7) is 0.815. The van der Waals surface area contributed by atoms with E-state index in [1.54, 1.807) is 0 Å². The predicted molar refractivity (Wildman–Crippen MR) is 206 cm³/mol. The Bertz CT molecular complexity index is 2950. The molecule has 0 unspecified atom stereocenters. The molecule has 3 heteroatoms. The number of aliphatic imine (C=N–C) groups is 1. The highest BCUT2D eigenvalue weighted by atomic mass is 14.7. The zero-order valence-electron chi connectivity index (χ0n) is 27.0. The summed E-state index contributed by atoms with van der Waals surface area (Å²) in [7, 11) is 0. The van der Waals surface area contributed by atoms with Crippen molar-refractivity contribution in [1.29, 1.82) is 10.5 Å². The van der Waals surface area contributed by atoms with Crippen molar-refractivity contribution < 1.29 is 0 Å². The van der Waals surface area contributed by atoms with Crippen LogP contribution in [-0.2, 0) is 0 Å². The molecule has 50 heavy (non-hydrogen) atoms. The molecule has 8 aromatic rings. The largest absolute Gasteiger partial charge is 0.284 e. The van der Waals surface area contributed by atoms with Gasteiger partial charge in [0.15, 0.2) is 0 Å². The monoisotopic (exact) mass is 633 g/mol. The van der Waals surface area contributed by atoms with Crippen molar-refractivity contribution in [3.05, 3.63) is 156 Å². The Kier molecular flexibility index (Phi) is 6.13. The van der Waals surface area contributed by atoms with Gasteiger partial charge >= 0.3 is 0 Å². The van der Waals surface area contributed by atoms with Crippen molar-refractivity contribution in [2.75, 3.05) is 6.54 Å². The first-order valence-corrected chi connectivity index (χ1v) is 17.0. The lowest BCUT2D eigenvalue weighted by molar-refractivity contribution is 0.994. The molecule has 0 bridgehead atoms. The average molecular weight is 634 g/mol. The van der Waals surface area contributed by atoms with Gasteiger partial charge in [-0.15, -0.1) is 0 Å². The number of fused-ring (bicyclic) bond motifs is 8. The smallest absolute Gasteiger partial charge is 0.0998 e. The SMILES string of the molecule is N#Cc1ccccc1-c1cc2c3cc4c(cc3c(-c3ccccc3C#N)cc2c2ccccc12)-c1cccc2c(C3=NCCC=C3)ccc-4c12. The van der Waals surface area contributed by atoms with Crippen LogP contribution in [0.1, 0.15) is 23.1 Å². The third kappa shape index (κ3) is 3.99. The fourth-order valence-corrected chi connectivity index (χ4v) is 8.33. The van der Waals surface area contributed by atoms with Crippen LogP contribution in [0.3, 0.4) is 0 Å². The average Bonchev–Trinajstić information content (AvgIpc) is 3.50. The van der Waals surface area contributed by atoms with E-state index in [1.165, 1.54) is 38.6 Å². The van der Waals surface area contributed by atoms with Gasteiger partial charge in [-0.05, 0) is 125 Å². The minimum atomic E-state index is 0.647. The third-order valence-corrected chi connectivity index (χ3v) is 10.5. The first-order valence-electron chi connectivity index (χ1n) is 17.0. The number of benzene rings is 8. The molecule has 8 aromatic carbocycles. The second-order valence-corrected chi connectivity index (χ2v) is 13.1. The van der Waals surface area contributed by atoms with Gasteiger partial charge in [0.05, 0.1) is 29.0 Å². The molecule has 10 rings (SSSR count). The van der Waals surface area contributed by atoms with Gasteiger partial charge in [0, 0.05) is 23.2 Å². The first-order chi connectivity index (χ1) is 24.7. The lowest BCUT2D eigenvalue weighted by Gasteiger charge is -2.18. The van der Waals surface area contributed by atoms with Gasteiger partial charge < -0.3 is 0 Å². The summed E-state index contributed by atoms with van der Waals surface area (Å²) in [4.78, 5) is 4.87. The summed E-state index contributed by atoms with van der Waals surface area (Å²) >= 11 is 0. The van der Waals surface area contributed by atoms with E-state index in [2.05, 4.69) is 109 Å². The van der Waals surface area contributed by atoms with Crippen LogP contribution in [-0.4, -0.2) is 12.3 Å². The molecule has 1 heterocycles. The van der Waals surface area contributed by atoms with Crippen LogP contribution in [0.25, 0.3) is 87.6 Å². The zero-order chi connectivity index (χ0) is 33.3. The van der Waals surface area contributed by atoms with Crippen LogP contribution in [0.15, 0.2) is 145 Å². The molecule has 0 saturated heterocycles. The molecule has 0 saturated carbocycles. The van der Waals surface area contributed by atoms with Crippen LogP contribution >= 0.6 is 0 Å². The zero-order valence-corrected chi connectivity index (χ0v) is 27.0. The summed E-state index contributed by atoms with van der Waals surface area (Å²) in [6.07, 6.45) is 5.35. The number of hydrogen-bond acceptors (Lipinski definition) is 3. The lowest BCUT2D eigenvalue weighted by Crippen LogP contribution is -2.03. The maximum Gasteiger partial charge on any atom is 0.0998 e. The van der Waals surface area contributed by atoms with E-state index in [1.807, 2.05) is 42.5 Å². The van der Waals surface area contributed by atoms with E-state index in [0.29, 0.717) is 11.1 Å². The quantitative estimate of drug-likeness (QED) is 0.182. The molecule has 2 aliphatic rings. The Morgan fingerprint density at radius 3 is 1.64 bits per heavy atom. The maximum absolute atomic E-state index is 10.3. The molecule has 1 aliphatic heterocycles. The Morgan fingerprint density at radius 1 is 0.420 bits per heavy atom. The molecular formula is C47H27N3. The molecule has 1 aliphatic carbocycles. The first kappa shape index (κ1) is 28.2. The number of nitriles is 2.